The highest BCUT2D eigenvalue weighted by Crippen LogP contribution is 2.34. The molecular formula is C18H19F2NO5. The molecule has 140 valence electrons. The largest absolute Gasteiger partial charge is 0.496 e. The molecule has 0 unspecified atom stereocenters. The van der Waals surface area contributed by atoms with E-state index in [2.05, 4.69) is 5.32 Å². The third kappa shape index (κ3) is 4.75. The number of hydrogen-bond donors (Lipinski definition) is 1. The lowest BCUT2D eigenvalue weighted by Gasteiger charge is -2.14. The first kappa shape index (κ1) is 19.3. The van der Waals surface area contributed by atoms with Crippen LogP contribution in [0.2, 0.25) is 0 Å². The molecule has 0 radical (unpaired) electrons. The van der Waals surface area contributed by atoms with Gasteiger partial charge in [0, 0.05) is 24.2 Å². The molecule has 6 nitrogen and oxygen atoms in total. The molecule has 0 fully saturated rings. The molecule has 2 aromatic rings. The number of hydrogen-bond acceptors (Lipinski definition) is 5. The molecule has 0 aliphatic carbocycles. The van der Waals surface area contributed by atoms with E-state index in [1.165, 1.54) is 21.3 Å². The van der Waals surface area contributed by atoms with E-state index in [0.717, 1.165) is 12.1 Å². The minimum Gasteiger partial charge on any atom is -0.496 e. The fourth-order valence-electron chi connectivity index (χ4n) is 2.21. The number of ether oxygens (including phenoxy) is 4. The van der Waals surface area contributed by atoms with Crippen LogP contribution in [-0.4, -0.2) is 33.8 Å². The molecule has 0 aliphatic rings. The van der Waals surface area contributed by atoms with Gasteiger partial charge in [0.2, 0.25) is 0 Å². The van der Waals surface area contributed by atoms with Crippen molar-refractivity contribution in [2.75, 3.05) is 27.9 Å². The van der Waals surface area contributed by atoms with Crippen LogP contribution >= 0.6 is 0 Å². The molecule has 0 aromatic heterocycles. The van der Waals surface area contributed by atoms with Crippen LogP contribution in [0, 0.1) is 11.6 Å². The van der Waals surface area contributed by atoms with Gasteiger partial charge in [-0.3, -0.25) is 4.79 Å². The normalized spacial score (nSPS) is 10.2. The van der Waals surface area contributed by atoms with Crippen molar-refractivity contribution in [2.45, 2.75) is 6.54 Å². The molecule has 1 amide bonds. The predicted molar refractivity (Wildman–Crippen MR) is 89.8 cm³/mol. The monoisotopic (exact) mass is 367 g/mol. The van der Waals surface area contributed by atoms with Gasteiger partial charge in [-0.2, -0.15) is 0 Å². The van der Waals surface area contributed by atoms with Gasteiger partial charge >= 0.3 is 0 Å². The summed E-state index contributed by atoms with van der Waals surface area (Å²) >= 11 is 0. The van der Waals surface area contributed by atoms with Gasteiger partial charge in [0.1, 0.15) is 11.6 Å². The first-order valence-corrected chi connectivity index (χ1v) is 7.62. The Kier molecular flexibility index (Phi) is 6.60. The lowest BCUT2D eigenvalue weighted by atomic mass is 10.1. The molecule has 1 N–H and O–H groups in total. The maximum absolute atomic E-state index is 13.5. The van der Waals surface area contributed by atoms with Gasteiger partial charge in [-0.1, -0.05) is 0 Å². The third-order valence-electron chi connectivity index (χ3n) is 3.52. The summed E-state index contributed by atoms with van der Waals surface area (Å²) in [5.74, 6) is -0.791. The van der Waals surface area contributed by atoms with E-state index in [1.54, 1.807) is 12.1 Å². The Morgan fingerprint density at radius 3 is 2.19 bits per heavy atom. The maximum Gasteiger partial charge on any atom is 0.258 e. The van der Waals surface area contributed by atoms with Gasteiger partial charge in [-0.15, -0.1) is 0 Å². The summed E-state index contributed by atoms with van der Waals surface area (Å²) < 4.78 is 47.0. The number of nitrogens with one attached hydrogen (secondary N) is 1. The SMILES string of the molecule is COc1cc(OC)c(OC)cc1CNC(=O)COc1ccc(F)cc1F. The minimum absolute atomic E-state index is 0.137. The zero-order valence-corrected chi connectivity index (χ0v) is 14.6. The molecule has 0 bridgehead atoms. The highest BCUT2D eigenvalue weighted by Gasteiger charge is 2.13. The van der Waals surface area contributed by atoms with E-state index in [-0.39, 0.29) is 12.3 Å². The lowest BCUT2D eigenvalue weighted by molar-refractivity contribution is -0.123. The fraction of sp³-hybridized carbons (Fsp3) is 0.278. The van der Waals surface area contributed by atoms with Crippen molar-refractivity contribution >= 4 is 5.91 Å². The van der Waals surface area contributed by atoms with Crippen molar-refractivity contribution in [1.29, 1.82) is 0 Å². The summed E-state index contributed by atoms with van der Waals surface area (Å²) in [5, 5.41) is 2.63. The fourth-order valence-corrected chi connectivity index (χ4v) is 2.21. The second-order valence-corrected chi connectivity index (χ2v) is 5.16. The van der Waals surface area contributed by atoms with Crippen LogP contribution in [-0.2, 0) is 11.3 Å². The molecule has 0 saturated heterocycles. The zero-order chi connectivity index (χ0) is 19.1. The molecule has 0 atom stereocenters. The average Bonchev–Trinajstić information content (AvgIpc) is 2.64. The highest BCUT2D eigenvalue weighted by atomic mass is 19.1. The minimum atomic E-state index is -0.876. The summed E-state index contributed by atoms with van der Waals surface area (Å²) in [6, 6.07) is 6.17. The van der Waals surface area contributed by atoms with Crippen molar-refractivity contribution in [3.63, 3.8) is 0 Å². The van der Waals surface area contributed by atoms with Gasteiger partial charge in [-0.25, -0.2) is 8.78 Å². The Labute approximate surface area is 149 Å². The number of carbonyl (C=O) groups excluding carboxylic acids is 1. The third-order valence-corrected chi connectivity index (χ3v) is 3.52. The molecule has 2 aromatic carbocycles. The van der Waals surface area contributed by atoms with Crippen molar-refractivity contribution in [2.24, 2.45) is 0 Å². The van der Waals surface area contributed by atoms with Gasteiger partial charge in [0.05, 0.1) is 21.3 Å². The van der Waals surface area contributed by atoms with Crippen molar-refractivity contribution in [3.05, 3.63) is 47.5 Å². The van der Waals surface area contributed by atoms with Crippen LogP contribution in [0.5, 0.6) is 23.0 Å². The van der Waals surface area contributed by atoms with E-state index >= 15 is 0 Å². The quantitative estimate of drug-likeness (QED) is 0.777. The van der Waals surface area contributed by atoms with Crippen LogP contribution in [0.15, 0.2) is 30.3 Å². The summed E-state index contributed by atoms with van der Waals surface area (Å²) in [4.78, 5) is 11.9. The summed E-state index contributed by atoms with van der Waals surface area (Å²) in [6.07, 6.45) is 0. The molecule has 2 rings (SSSR count). The summed E-state index contributed by atoms with van der Waals surface area (Å²) in [5.41, 5.74) is 0.659. The summed E-state index contributed by atoms with van der Waals surface area (Å²) in [7, 11) is 4.50. The first-order valence-electron chi connectivity index (χ1n) is 7.62. The van der Waals surface area contributed by atoms with E-state index in [9.17, 15) is 13.6 Å². The van der Waals surface area contributed by atoms with Gasteiger partial charge in [0.25, 0.3) is 5.91 Å². The van der Waals surface area contributed by atoms with Crippen molar-refractivity contribution < 1.29 is 32.5 Å². The molecule has 0 heterocycles. The van der Waals surface area contributed by atoms with E-state index in [0.29, 0.717) is 28.9 Å². The number of rotatable bonds is 8. The number of methoxy groups -OCH3 is 3. The Morgan fingerprint density at radius 1 is 0.923 bits per heavy atom. The standard InChI is InChI=1S/C18H19F2NO5/c1-23-15-8-17(25-3)16(24-2)6-11(15)9-21-18(22)10-26-14-5-4-12(19)7-13(14)20/h4-8H,9-10H2,1-3H3,(H,21,22). The van der Waals surface area contributed by atoms with Crippen molar-refractivity contribution in [1.82, 2.24) is 5.32 Å². The highest BCUT2D eigenvalue weighted by molar-refractivity contribution is 5.77. The predicted octanol–water partition coefficient (Wildman–Crippen LogP) is 2.69. The van der Waals surface area contributed by atoms with E-state index < -0.39 is 24.1 Å². The van der Waals surface area contributed by atoms with Gasteiger partial charge in [-0.05, 0) is 18.2 Å². The Hall–Kier alpha value is -3.03. The van der Waals surface area contributed by atoms with Gasteiger partial charge in [0.15, 0.2) is 29.7 Å². The van der Waals surface area contributed by atoms with Crippen molar-refractivity contribution in [3.8, 4) is 23.0 Å². The smallest absolute Gasteiger partial charge is 0.258 e. The topological polar surface area (TPSA) is 66.0 Å². The van der Waals surface area contributed by atoms with E-state index in [4.69, 9.17) is 18.9 Å². The maximum atomic E-state index is 13.5. The number of carbonyl (C=O) groups is 1. The van der Waals surface area contributed by atoms with Crippen LogP contribution in [0.25, 0.3) is 0 Å². The molecule has 0 aliphatic heterocycles. The Balaban J connectivity index is 1.98. The Bertz CT molecular complexity index is 782. The molecule has 0 spiro atoms. The number of halogens is 2. The van der Waals surface area contributed by atoms with Crippen LogP contribution in [0.4, 0.5) is 8.78 Å². The number of amides is 1. The molecule has 0 saturated carbocycles. The molecule has 26 heavy (non-hydrogen) atoms. The summed E-state index contributed by atoms with van der Waals surface area (Å²) in [6.45, 7) is -0.282. The second-order valence-electron chi connectivity index (χ2n) is 5.16. The van der Waals surface area contributed by atoms with E-state index in [1.807, 2.05) is 0 Å². The zero-order valence-electron chi connectivity index (χ0n) is 14.6. The van der Waals surface area contributed by atoms with Gasteiger partial charge < -0.3 is 24.3 Å². The van der Waals surface area contributed by atoms with Crippen LogP contribution in [0.3, 0.4) is 0 Å². The van der Waals surface area contributed by atoms with Crippen LogP contribution < -0.4 is 24.3 Å². The second kappa shape index (κ2) is 8.89. The van der Waals surface area contributed by atoms with Crippen LogP contribution in [0.1, 0.15) is 5.56 Å². The lowest BCUT2D eigenvalue weighted by Crippen LogP contribution is -2.28. The Morgan fingerprint density at radius 2 is 1.58 bits per heavy atom. The number of benzene rings is 2. The average molecular weight is 367 g/mol. The molecular weight excluding hydrogens is 348 g/mol. The first-order chi connectivity index (χ1) is 12.5. The molecule has 8 heteroatoms.